The summed E-state index contributed by atoms with van der Waals surface area (Å²) in [6.07, 6.45) is 6.15. The van der Waals surface area contributed by atoms with Crippen molar-refractivity contribution in [3.63, 3.8) is 0 Å². The molecular formula is C16H35NO3Si. The van der Waals surface area contributed by atoms with E-state index in [0.29, 0.717) is 0 Å². The predicted octanol–water partition coefficient (Wildman–Crippen LogP) is 3.59. The molecule has 0 aliphatic carbocycles. The lowest BCUT2D eigenvalue weighted by Gasteiger charge is -2.46. The Kier molecular flexibility index (Phi) is 6.87. The summed E-state index contributed by atoms with van der Waals surface area (Å²) in [6, 6.07) is 0.911. The molecule has 1 heterocycles. The molecule has 1 N–H and O–H groups in total. The summed E-state index contributed by atoms with van der Waals surface area (Å²) in [6.45, 7) is 9.28. The van der Waals surface area contributed by atoms with E-state index < -0.39 is 8.80 Å². The highest BCUT2D eigenvalue weighted by molar-refractivity contribution is 6.60. The van der Waals surface area contributed by atoms with Crippen molar-refractivity contribution < 1.29 is 13.3 Å². The van der Waals surface area contributed by atoms with Crippen LogP contribution in [-0.2, 0) is 13.3 Å². The second kappa shape index (κ2) is 7.55. The quantitative estimate of drug-likeness (QED) is 0.548. The summed E-state index contributed by atoms with van der Waals surface area (Å²) in [4.78, 5) is 0. The molecule has 0 aromatic carbocycles. The summed E-state index contributed by atoms with van der Waals surface area (Å²) in [5.41, 5.74) is 0.493. The Morgan fingerprint density at radius 3 is 1.81 bits per heavy atom. The fraction of sp³-hybridized carbons (Fsp3) is 1.00. The van der Waals surface area contributed by atoms with Gasteiger partial charge < -0.3 is 18.6 Å². The van der Waals surface area contributed by atoms with E-state index in [0.717, 1.165) is 18.4 Å². The summed E-state index contributed by atoms with van der Waals surface area (Å²) in [7, 11) is 2.70. The van der Waals surface area contributed by atoms with Crippen molar-refractivity contribution in [1.82, 2.24) is 5.32 Å². The third-order valence-corrected chi connectivity index (χ3v) is 7.39. The normalized spacial score (nSPS) is 22.4. The van der Waals surface area contributed by atoms with Crippen LogP contribution in [0.1, 0.15) is 59.8 Å². The number of nitrogens with one attached hydrogen (secondary N) is 1. The third kappa shape index (κ3) is 5.98. The molecule has 0 unspecified atom stereocenters. The molecule has 4 nitrogen and oxygen atoms in total. The Hall–Kier alpha value is 0.0569. The van der Waals surface area contributed by atoms with Gasteiger partial charge in [-0.2, -0.15) is 0 Å². The van der Waals surface area contributed by atoms with Gasteiger partial charge in [-0.1, -0.05) is 12.8 Å². The molecule has 0 bridgehead atoms. The molecule has 0 amide bonds. The molecule has 0 aromatic heterocycles. The largest absolute Gasteiger partial charge is 0.500 e. The molecule has 1 aliphatic rings. The van der Waals surface area contributed by atoms with Crippen molar-refractivity contribution in [2.24, 2.45) is 5.92 Å². The minimum atomic E-state index is -2.37. The molecular weight excluding hydrogens is 282 g/mol. The van der Waals surface area contributed by atoms with Gasteiger partial charge in [0, 0.05) is 38.5 Å². The first kappa shape index (κ1) is 19.1. The van der Waals surface area contributed by atoms with E-state index in [9.17, 15) is 0 Å². The molecule has 1 fully saturated rings. The van der Waals surface area contributed by atoms with E-state index >= 15 is 0 Å². The van der Waals surface area contributed by atoms with E-state index in [1.165, 1.54) is 25.7 Å². The van der Waals surface area contributed by atoms with Crippen LogP contribution in [-0.4, -0.2) is 41.2 Å². The van der Waals surface area contributed by atoms with Crippen molar-refractivity contribution >= 4 is 8.80 Å². The van der Waals surface area contributed by atoms with E-state index in [2.05, 4.69) is 33.0 Å². The Labute approximate surface area is 132 Å². The van der Waals surface area contributed by atoms with Gasteiger partial charge in [0.1, 0.15) is 0 Å². The van der Waals surface area contributed by atoms with Crippen molar-refractivity contribution in [2.45, 2.75) is 76.9 Å². The van der Waals surface area contributed by atoms with E-state index in [1.807, 2.05) is 0 Å². The SMILES string of the molecule is CO[Si](CCCCC1CC(C)(C)NC(C)(C)C1)(OC)OC. The summed E-state index contributed by atoms with van der Waals surface area (Å²) < 4.78 is 16.4. The Morgan fingerprint density at radius 2 is 1.38 bits per heavy atom. The zero-order chi connectivity index (χ0) is 16.1. The number of piperidine rings is 1. The summed E-state index contributed by atoms with van der Waals surface area (Å²) >= 11 is 0. The maximum Gasteiger partial charge on any atom is 0.500 e. The maximum absolute atomic E-state index is 5.48. The van der Waals surface area contributed by atoms with Crippen LogP contribution in [0, 0.1) is 5.92 Å². The van der Waals surface area contributed by atoms with Crippen LogP contribution in [0.15, 0.2) is 0 Å². The number of unbranched alkanes of at least 4 members (excludes halogenated alkanes) is 1. The van der Waals surface area contributed by atoms with Gasteiger partial charge in [0.25, 0.3) is 0 Å². The highest BCUT2D eigenvalue weighted by Gasteiger charge is 2.38. The molecule has 1 rings (SSSR count). The maximum atomic E-state index is 5.48. The highest BCUT2D eigenvalue weighted by atomic mass is 28.4. The van der Waals surface area contributed by atoms with Gasteiger partial charge in [0.2, 0.25) is 0 Å². The van der Waals surface area contributed by atoms with Crippen LogP contribution in [0.2, 0.25) is 6.04 Å². The molecule has 126 valence electrons. The average Bonchev–Trinajstić information content (AvgIpc) is 2.36. The van der Waals surface area contributed by atoms with E-state index in [-0.39, 0.29) is 11.1 Å². The van der Waals surface area contributed by atoms with Gasteiger partial charge in [0.05, 0.1) is 0 Å². The lowest BCUT2D eigenvalue weighted by atomic mass is 9.74. The molecule has 0 saturated carbocycles. The first-order valence-corrected chi connectivity index (χ1v) is 10.1. The first-order chi connectivity index (χ1) is 9.67. The van der Waals surface area contributed by atoms with Crippen LogP contribution in [0.25, 0.3) is 0 Å². The van der Waals surface area contributed by atoms with Crippen LogP contribution in [0.5, 0.6) is 0 Å². The van der Waals surface area contributed by atoms with E-state index in [1.54, 1.807) is 21.3 Å². The Bertz CT molecular complexity index is 292. The minimum Gasteiger partial charge on any atom is -0.377 e. The van der Waals surface area contributed by atoms with Crippen LogP contribution in [0.3, 0.4) is 0 Å². The topological polar surface area (TPSA) is 39.7 Å². The lowest BCUT2D eigenvalue weighted by molar-refractivity contribution is 0.116. The van der Waals surface area contributed by atoms with Crippen molar-refractivity contribution in [1.29, 1.82) is 0 Å². The Balaban J connectivity index is 2.38. The fourth-order valence-electron chi connectivity index (χ4n) is 4.07. The van der Waals surface area contributed by atoms with E-state index in [4.69, 9.17) is 13.3 Å². The second-order valence-corrected chi connectivity index (χ2v) is 10.8. The molecule has 5 heteroatoms. The smallest absolute Gasteiger partial charge is 0.377 e. The molecule has 0 spiro atoms. The summed E-state index contributed by atoms with van der Waals surface area (Å²) in [5, 5.41) is 3.75. The van der Waals surface area contributed by atoms with Crippen LogP contribution >= 0.6 is 0 Å². The summed E-state index contributed by atoms with van der Waals surface area (Å²) in [5.74, 6) is 0.806. The van der Waals surface area contributed by atoms with Crippen molar-refractivity contribution in [3.05, 3.63) is 0 Å². The highest BCUT2D eigenvalue weighted by Crippen LogP contribution is 2.35. The van der Waals surface area contributed by atoms with Gasteiger partial charge >= 0.3 is 8.80 Å². The van der Waals surface area contributed by atoms with Crippen molar-refractivity contribution in [3.8, 4) is 0 Å². The van der Waals surface area contributed by atoms with Crippen LogP contribution in [0.4, 0.5) is 0 Å². The van der Waals surface area contributed by atoms with Gasteiger partial charge in [0.15, 0.2) is 0 Å². The molecule has 0 atom stereocenters. The predicted molar refractivity (Wildman–Crippen MR) is 89.5 cm³/mol. The van der Waals surface area contributed by atoms with Gasteiger partial charge in [-0.15, -0.1) is 0 Å². The zero-order valence-corrected chi connectivity index (χ0v) is 16.0. The van der Waals surface area contributed by atoms with Crippen molar-refractivity contribution in [2.75, 3.05) is 21.3 Å². The fourth-order valence-corrected chi connectivity index (χ4v) is 5.86. The second-order valence-electron chi connectivity index (χ2n) is 7.71. The standard InChI is InChI=1S/C16H35NO3Si/c1-15(2)12-14(13-16(3,4)17-15)10-8-9-11-21(18-5,19-6)20-7/h14,17H,8-13H2,1-7H3. The molecule has 1 aliphatic heterocycles. The number of rotatable bonds is 8. The van der Waals surface area contributed by atoms with Gasteiger partial charge in [-0.25, -0.2) is 0 Å². The Morgan fingerprint density at radius 1 is 0.905 bits per heavy atom. The average molecular weight is 318 g/mol. The minimum absolute atomic E-state index is 0.247. The number of hydrogen-bond acceptors (Lipinski definition) is 4. The monoisotopic (exact) mass is 317 g/mol. The molecule has 0 aromatic rings. The molecule has 0 radical (unpaired) electrons. The molecule has 21 heavy (non-hydrogen) atoms. The molecule has 1 saturated heterocycles. The first-order valence-electron chi connectivity index (χ1n) is 8.12. The van der Waals surface area contributed by atoms with Crippen LogP contribution < -0.4 is 5.32 Å². The third-order valence-electron chi connectivity index (χ3n) is 4.55. The lowest BCUT2D eigenvalue weighted by Crippen LogP contribution is -2.57. The number of hydrogen-bond donors (Lipinski definition) is 1. The van der Waals surface area contributed by atoms with Gasteiger partial charge in [-0.05, 0) is 52.9 Å². The zero-order valence-electron chi connectivity index (χ0n) is 15.0. The van der Waals surface area contributed by atoms with Gasteiger partial charge in [-0.3, -0.25) is 0 Å².